The molecule has 3 nitrogen and oxygen atoms in total. The molecule has 0 aromatic carbocycles. The lowest BCUT2D eigenvalue weighted by atomic mass is 10.0. The molecular weight excluding hydrogens is 218 g/mol. The molecule has 0 saturated carbocycles. The number of hydrogen-bond acceptors (Lipinski definition) is 3. The highest BCUT2D eigenvalue weighted by Crippen LogP contribution is 2.35. The number of rotatable bonds is 2. The fourth-order valence-corrected chi connectivity index (χ4v) is 3.19. The van der Waals surface area contributed by atoms with Crippen LogP contribution in [0.4, 0.5) is 0 Å². The third kappa shape index (κ3) is 1.58. The van der Waals surface area contributed by atoms with E-state index in [9.17, 15) is 0 Å². The summed E-state index contributed by atoms with van der Waals surface area (Å²) >= 11 is 1.78. The van der Waals surface area contributed by atoms with Crippen LogP contribution in [0.15, 0.2) is 17.5 Å². The van der Waals surface area contributed by atoms with E-state index in [0.29, 0.717) is 6.04 Å². The Labute approximate surface area is 98.9 Å². The molecule has 0 aliphatic carbocycles. The van der Waals surface area contributed by atoms with Crippen molar-refractivity contribution >= 4 is 11.3 Å². The van der Waals surface area contributed by atoms with E-state index in [1.165, 1.54) is 34.7 Å². The van der Waals surface area contributed by atoms with Crippen molar-refractivity contribution in [3.8, 4) is 10.4 Å². The van der Waals surface area contributed by atoms with Gasteiger partial charge in [0.2, 0.25) is 0 Å². The summed E-state index contributed by atoms with van der Waals surface area (Å²) in [6, 6.07) is 4.70. The topological polar surface area (TPSA) is 40.7 Å². The van der Waals surface area contributed by atoms with Gasteiger partial charge in [0.15, 0.2) is 0 Å². The van der Waals surface area contributed by atoms with Crippen LogP contribution in [-0.4, -0.2) is 16.7 Å². The third-order valence-electron chi connectivity index (χ3n) is 3.13. The van der Waals surface area contributed by atoms with Gasteiger partial charge in [-0.05, 0) is 37.8 Å². The molecule has 1 unspecified atom stereocenters. The first-order chi connectivity index (χ1) is 7.86. The average Bonchev–Trinajstić information content (AvgIpc) is 2.96. The Morgan fingerprint density at radius 3 is 3.12 bits per heavy atom. The maximum Gasteiger partial charge on any atom is 0.0880 e. The van der Waals surface area contributed by atoms with E-state index >= 15 is 0 Å². The fourth-order valence-electron chi connectivity index (χ4n) is 2.35. The maximum absolute atomic E-state index is 4.47. The third-order valence-corrected chi connectivity index (χ3v) is 4.02. The second kappa shape index (κ2) is 4.03. The summed E-state index contributed by atoms with van der Waals surface area (Å²) in [4.78, 5) is 1.31. The molecular formula is C12H15N3S. The van der Waals surface area contributed by atoms with Gasteiger partial charge in [0.05, 0.1) is 11.7 Å². The summed E-state index contributed by atoms with van der Waals surface area (Å²) in [5.41, 5.74) is 3.66. The van der Waals surface area contributed by atoms with Crippen LogP contribution in [-0.2, 0) is 0 Å². The van der Waals surface area contributed by atoms with Gasteiger partial charge in [-0.2, -0.15) is 5.10 Å². The Hall–Kier alpha value is -1.13. The largest absolute Gasteiger partial charge is 0.309 e. The molecule has 1 atom stereocenters. The van der Waals surface area contributed by atoms with Gasteiger partial charge in [-0.15, -0.1) is 11.3 Å². The lowest BCUT2D eigenvalue weighted by molar-refractivity contribution is 0.626. The Morgan fingerprint density at radius 2 is 2.44 bits per heavy atom. The number of aromatic amines is 1. The molecule has 2 N–H and O–H groups in total. The van der Waals surface area contributed by atoms with Gasteiger partial charge in [0, 0.05) is 16.1 Å². The Bertz CT molecular complexity index is 466. The molecule has 84 valence electrons. The van der Waals surface area contributed by atoms with Crippen molar-refractivity contribution < 1.29 is 0 Å². The molecule has 4 heteroatoms. The molecule has 0 amide bonds. The number of aromatic nitrogens is 2. The van der Waals surface area contributed by atoms with E-state index in [2.05, 4.69) is 40.0 Å². The van der Waals surface area contributed by atoms with Crippen LogP contribution in [0.3, 0.4) is 0 Å². The molecule has 16 heavy (non-hydrogen) atoms. The number of nitrogens with one attached hydrogen (secondary N) is 2. The molecule has 0 spiro atoms. The zero-order chi connectivity index (χ0) is 11.0. The summed E-state index contributed by atoms with van der Waals surface area (Å²) in [6.07, 6.45) is 2.45. The first kappa shape index (κ1) is 10.1. The van der Waals surface area contributed by atoms with E-state index in [-0.39, 0.29) is 0 Å². The van der Waals surface area contributed by atoms with Gasteiger partial charge in [0.1, 0.15) is 0 Å². The van der Waals surface area contributed by atoms with Gasteiger partial charge in [0.25, 0.3) is 0 Å². The molecule has 2 aromatic heterocycles. The number of aryl methyl sites for hydroxylation is 1. The first-order valence-electron chi connectivity index (χ1n) is 5.68. The molecule has 1 aliphatic rings. The van der Waals surface area contributed by atoms with Crippen molar-refractivity contribution in [3.05, 3.63) is 28.9 Å². The maximum atomic E-state index is 4.47. The van der Waals surface area contributed by atoms with Gasteiger partial charge in [-0.3, -0.25) is 5.10 Å². The van der Waals surface area contributed by atoms with E-state index in [1.807, 2.05) is 0 Å². The van der Waals surface area contributed by atoms with Crippen LogP contribution >= 0.6 is 11.3 Å². The standard InChI is InChI=1S/C12H15N3S/c1-8-11(10-5-3-7-16-10)12(15-14-8)9-4-2-6-13-9/h3,5,7,9,13H,2,4,6H2,1H3,(H,14,15). The van der Waals surface area contributed by atoms with Gasteiger partial charge in [-0.25, -0.2) is 0 Å². The van der Waals surface area contributed by atoms with Gasteiger partial charge in [-0.1, -0.05) is 6.07 Å². The SMILES string of the molecule is Cc1[nH]nc(C2CCCN2)c1-c1cccs1. The molecule has 1 saturated heterocycles. The number of hydrogen-bond donors (Lipinski definition) is 2. The van der Waals surface area contributed by atoms with Gasteiger partial charge >= 0.3 is 0 Å². The second-order valence-electron chi connectivity index (χ2n) is 4.24. The normalized spacial score (nSPS) is 20.4. The Balaban J connectivity index is 2.05. The highest BCUT2D eigenvalue weighted by Gasteiger charge is 2.24. The van der Waals surface area contributed by atoms with E-state index in [1.54, 1.807) is 11.3 Å². The average molecular weight is 233 g/mol. The van der Waals surface area contributed by atoms with E-state index < -0.39 is 0 Å². The van der Waals surface area contributed by atoms with Crippen molar-refractivity contribution in [1.29, 1.82) is 0 Å². The minimum absolute atomic E-state index is 0.432. The minimum atomic E-state index is 0.432. The van der Waals surface area contributed by atoms with Crippen LogP contribution in [0, 0.1) is 6.92 Å². The zero-order valence-electron chi connectivity index (χ0n) is 9.29. The van der Waals surface area contributed by atoms with Crippen LogP contribution in [0.1, 0.15) is 30.3 Å². The summed E-state index contributed by atoms with van der Waals surface area (Å²) in [6.45, 7) is 3.21. The van der Waals surface area contributed by atoms with Crippen LogP contribution in [0.2, 0.25) is 0 Å². The van der Waals surface area contributed by atoms with Crippen LogP contribution < -0.4 is 5.32 Å². The fraction of sp³-hybridized carbons (Fsp3) is 0.417. The summed E-state index contributed by atoms with van der Waals surface area (Å²) < 4.78 is 0. The highest BCUT2D eigenvalue weighted by molar-refractivity contribution is 7.13. The highest BCUT2D eigenvalue weighted by atomic mass is 32.1. The second-order valence-corrected chi connectivity index (χ2v) is 5.18. The van der Waals surface area contributed by atoms with Gasteiger partial charge < -0.3 is 5.32 Å². The smallest absolute Gasteiger partial charge is 0.0880 e. The number of nitrogens with zero attached hydrogens (tertiary/aromatic N) is 1. The van der Waals surface area contributed by atoms with Crippen molar-refractivity contribution in [2.75, 3.05) is 6.54 Å². The number of H-pyrrole nitrogens is 1. The molecule has 1 fully saturated rings. The van der Waals surface area contributed by atoms with E-state index in [4.69, 9.17) is 0 Å². The zero-order valence-corrected chi connectivity index (χ0v) is 10.1. The van der Waals surface area contributed by atoms with Crippen LogP contribution in [0.25, 0.3) is 10.4 Å². The summed E-state index contributed by atoms with van der Waals surface area (Å²) in [5.74, 6) is 0. The monoisotopic (exact) mass is 233 g/mol. The van der Waals surface area contributed by atoms with E-state index in [0.717, 1.165) is 6.54 Å². The first-order valence-corrected chi connectivity index (χ1v) is 6.56. The van der Waals surface area contributed by atoms with Crippen molar-refractivity contribution in [2.24, 2.45) is 0 Å². The molecule has 0 radical (unpaired) electrons. The molecule has 3 rings (SSSR count). The number of thiophene rings is 1. The van der Waals surface area contributed by atoms with Crippen molar-refractivity contribution in [3.63, 3.8) is 0 Å². The molecule has 2 aromatic rings. The Morgan fingerprint density at radius 1 is 1.50 bits per heavy atom. The molecule has 0 bridgehead atoms. The van der Waals surface area contributed by atoms with Crippen LogP contribution in [0.5, 0.6) is 0 Å². The lowest BCUT2D eigenvalue weighted by Gasteiger charge is -2.09. The minimum Gasteiger partial charge on any atom is -0.309 e. The molecule has 1 aliphatic heterocycles. The Kier molecular flexibility index (Phi) is 2.53. The lowest BCUT2D eigenvalue weighted by Crippen LogP contribution is -2.13. The quantitative estimate of drug-likeness (QED) is 0.837. The predicted octanol–water partition coefficient (Wildman–Crippen LogP) is 2.87. The summed E-state index contributed by atoms with van der Waals surface area (Å²) in [5, 5.41) is 13.2. The summed E-state index contributed by atoms with van der Waals surface area (Å²) in [7, 11) is 0. The van der Waals surface area contributed by atoms with Crippen molar-refractivity contribution in [2.45, 2.75) is 25.8 Å². The molecule has 3 heterocycles. The van der Waals surface area contributed by atoms with Crippen molar-refractivity contribution in [1.82, 2.24) is 15.5 Å². The predicted molar refractivity (Wildman–Crippen MR) is 66.6 cm³/mol.